The van der Waals surface area contributed by atoms with Gasteiger partial charge in [-0.05, 0) is 11.6 Å². The van der Waals surface area contributed by atoms with Crippen LogP contribution in [0.15, 0.2) is 48.7 Å². The van der Waals surface area contributed by atoms with Crippen LogP contribution in [0.3, 0.4) is 0 Å². The van der Waals surface area contributed by atoms with Crippen LogP contribution in [0.5, 0.6) is 5.88 Å². The zero-order valence-electron chi connectivity index (χ0n) is 16.9. The molecule has 2 aromatic rings. The van der Waals surface area contributed by atoms with E-state index in [0.29, 0.717) is 32.7 Å². The number of benzene rings is 1. The van der Waals surface area contributed by atoms with E-state index >= 15 is 0 Å². The highest BCUT2D eigenvalue weighted by Gasteiger charge is 2.35. The van der Waals surface area contributed by atoms with Crippen LogP contribution in [-0.2, 0) is 22.3 Å². The molecule has 31 heavy (non-hydrogen) atoms. The second-order valence-corrected chi connectivity index (χ2v) is 7.78. The Morgan fingerprint density at radius 2 is 1.94 bits per heavy atom. The van der Waals surface area contributed by atoms with Gasteiger partial charge in [-0.15, -0.1) is 0 Å². The average molecular weight is 435 g/mol. The van der Waals surface area contributed by atoms with Crippen molar-refractivity contribution < 1.29 is 27.4 Å². The molecule has 0 aliphatic carbocycles. The molecule has 9 heteroatoms. The molecule has 2 atom stereocenters. The van der Waals surface area contributed by atoms with E-state index in [2.05, 4.69) is 22.0 Å². The van der Waals surface area contributed by atoms with Crippen LogP contribution in [0.4, 0.5) is 13.2 Å². The van der Waals surface area contributed by atoms with Crippen LogP contribution in [-0.4, -0.2) is 65.7 Å². The standard InChI is InChI=1S/C22H24F3N3O3/c23-22(24,25)17-6-7-20(26-12-17)31-18-8-9-28(14-18)21(29)19-15-27(10-11-30-19)13-16-4-2-1-3-5-16/h1-7,12,18-19H,8-11,13-15H2/t18-,19-/m0/s1. The SMILES string of the molecule is O=C([C@@H]1CN(Cc2ccccc2)CCO1)N1CC[C@H](Oc2ccc(C(F)(F)F)cn2)C1. The number of morpholine rings is 1. The molecule has 166 valence electrons. The van der Waals surface area contributed by atoms with Gasteiger partial charge in [-0.1, -0.05) is 30.3 Å². The van der Waals surface area contributed by atoms with Crippen LogP contribution < -0.4 is 4.74 Å². The number of alkyl halides is 3. The summed E-state index contributed by atoms with van der Waals surface area (Å²) in [5.41, 5.74) is 0.367. The number of hydrogen-bond acceptors (Lipinski definition) is 5. The summed E-state index contributed by atoms with van der Waals surface area (Å²) in [5.74, 6) is 0.0412. The smallest absolute Gasteiger partial charge is 0.417 e. The molecule has 0 saturated carbocycles. The summed E-state index contributed by atoms with van der Waals surface area (Å²) in [6.07, 6.45) is -3.92. The monoisotopic (exact) mass is 435 g/mol. The maximum Gasteiger partial charge on any atom is 0.417 e. The molecule has 0 bridgehead atoms. The predicted molar refractivity (Wildman–Crippen MR) is 106 cm³/mol. The molecule has 6 nitrogen and oxygen atoms in total. The zero-order valence-corrected chi connectivity index (χ0v) is 16.9. The number of ether oxygens (including phenoxy) is 2. The summed E-state index contributed by atoms with van der Waals surface area (Å²) in [7, 11) is 0. The number of halogens is 3. The summed E-state index contributed by atoms with van der Waals surface area (Å²) in [6.45, 7) is 3.43. The molecule has 1 amide bonds. The lowest BCUT2D eigenvalue weighted by Gasteiger charge is -2.34. The lowest BCUT2D eigenvalue weighted by atomic mass is 10.2. The number of carbonyl (C=O) groups excluding carboxylic acids is 1. The molecular formula is C22H24F3N3O3. The predicted octanol–water partition coefficient (Wildman–Crippen LogP) is 2.98. The Balaban J connectivity index is 1.29. The minimum absolute atomic E-state index is 0.0794. The van der Waals surface area contributed by atoms with Gasteiger partial charge in [0, 0.05) is 44.9 Å². The molecule has 1 aromatic heterocycles. The Morgan fingerprint density at radius 1 is 1.13 bits per heavy atom. The third-order valence-corrected chi connectivity index (χ3v) is 5.48. The molecule has 3 heterocycles. The molecule has 0 unspecified atom stereocenters. The Hall–Kier alpha value is -2.65. The Labute approximate surface area is 178 Å². The molecule has 2 aliphatic heterocycles. The van der Waals surface area contributed by atoms with Gasteiger partial charge in [0.25, 0.3) is 5.91 Å². The molecule has 0 N–H and O–H groups in total. The lowest BCUT2D eigenvalue weighted by molar-refractivity contribution is -0.149. The number of hydrogen-bond donors (Lipinski definition) is 0. The van der Waals surface area contributed by atoms with E-state index in [1.807, 2.05) is 18.2 Å². The van der Waals surface area contributed by atoms with Crippen molar-refractivity contribution in [2.75, 3.05) is 32.8 Å². The largest absolute Gasteiger partial charge is 0.472 e. The number of rotatable bonds is 5. The van der Waals surface area contributed by atoms with Crippen molar-refractivity contribution >= 4 is 5.91 Å². The van der Waals surface area contributed by atoms with Crippen LogP contribution in [0, 0.1) is 0 Å². The first-order valence-corrected chi connectivity index (χ1v) is 10.2. The van der Waals surface area contributed by atoms with Gasteiger partial charge in [0.1, 0.15) is 12.2 Å². The second kappa shape index (κ2) is 9.23. The molecule has 4 rings (SSSR count). The van der Waals surface area contributed by atoms with Crippen LogP contribution in [0.25, 0.3) is 0 Å². The van der Waals surface area contributed by atoms with Gasteiger partial charge in [0.2, 0.25) is 5.88 Å². The van der Waals surface area contributed by atoms with E-state index in [0.717, 1.165) is 25.4 Å². The summed E-state index contributed by atoms with van der Waals surface area (Å²) in [5, 5.41) is 0. The maximum absolute atomic E-state index is 12.9. The number of amides is 1. The Morgan fingerprint density at radius 3 is 2.65 bits per heavy atom. The van der Waals surface area contributed by atoms with Gasteiger partial charge < -0.3 is 14.4 Å². The van der Waals surface area contributed by atoms with Crippen molar-refractivity contribution in [3.05, 3.63) is 59.8 Å². The average Bonchev–Trinajstić information content (AvgIpc) is 3.22. The van der Waals surface area contributed by atoms with Gasteiger partial charge in [0.05, 0.1) is 18.7 Å². The fraction of sp³-hybridized carbons (Fsp3) is 0.455. The quantitative estimate of drug-likeness (QED) is 0.723. The van der Waals surface area contributed by atoms with Crippen LogP contribution in [0.2, 0.25) is 0 Å². The summed E-state index contributed by atoms with van der Waals surface area (Å²) < 4.78 is 49.4. The lowest BCUT2D eigenvalue weighted by Crippen LogP contribution is -2.50. The molecule has 0 radical (unpaired) electrons. The zero-order chi connectivity index (χ0) is 21.8. The minimum atomic E-state index is -4.43. The van der Waals surface area contributed by atoms with E-state index < -0.39 is 17.8 Å². The second-order valence-electron chi connectivity index (χ2n) is 7.78. The Bertz CT molecular complexity index is 877. The molecule has 2 saturated heterocycles. The first-order valence-electron chi connectivity index (χ1n) is 10.2. The van der Waals surface area contributed by atoms with Crippen molar-refractivity contribution in [2.45, 2.75) is 31.3 Å². The Kier molecular flexibility index (Phi) is 6.43. The van der Waals surface area contributed by atoms with Gasteiger partial charge >= 0.3 is 6.18 Å². The van der Waals surface area contributed by atoms with Crippen molar-refractivity contribution in [3.63, 3.8) is 0 Å². The highest BCUT2D eigenvalue weighted by atomic mass is 19.4. The van der Waals surface area contributed by atoms with E-state index in [-0.39, 0.29) is 17.9 Å². The molecule has 1 aromatic carbocycles. The fourth-order valence-corrected chi connectivity index (χ4v) is 3.85. The summed E-state index contributed by atoms with van der Waals surface area (Å²) in [6, 6.07) is 12.2. The van der Waals surface area contributed by atoms with E-state index in [1.54, 1.807) is 4.90 Å². The molecular weight excluding hydrogens is 411 g/mol. The van der Waals surface area contributed by atoms with Gasteiger partial charge in [-0.2, -0.15) is 13.2 Å². The van der Waals surface area contributed by atoms with Crippen LogP contribution >= 0.6 is 0 Å². The van der Waals surface area contributed by atoms with E-state index in [1.165, 1.54) is 11.6 Å². The minimum Gasteiger partial charge on any atom is -0.472 e. The van der Waals surface area contributed by atoms with E-state index in [9.17, 15) is 18.0 Å². The first kappa shape index (κ1) is 21.6. The first-order chi connectivity index (χ1) is 14.9. The van der Waals surface area contributed by atoms with Crippen molar-refractivity contribution in [2.24, 2.45) is 0 Å². The van der Waals surface area contributed by atoms with Crippen LogP contribution in [0.1, 0.15) is 17.5 Å². The van der Waals surface area contributed by atoms with Crippen molar-refractivity contribution in [1.29, 1.82) is 0 Å². The molecule has 2 aliphatic rings. The van der Waals surface area contributed by atoms with Gasteiger partial charge in [0.15, 0.2) is 0 Å². The number of carbonyl (C=O) groups is 1. The topological polar surface area (TPSA) is 54.9 Å². The fourth-order valence-electron chi connectivity index (χ4n) is 3.85. The number of likely N-dealkylation sites (tertiary alicyclic amines) is 1. The van der Waals surface area contributed by atoms with E-state index in [4.69, 9.17) is 9.47 Å². The summed E-state index contributed by atoms with van der Waals surface area (Å²) >= 11 is 0. The normalized spacial score (nSPS) is 22.5. The third-order valence-electron chi connectivity index (χ3n) is 5.48. The third kappa shape index (κ3) is 5.54. The molecule has 2 fully saturated rings. The number of pyridine rings is 1. The van der Waals surface area contributed by atoms with Gasteiger partial charge in [-0.25, -0.2) is 4.98 Å². The number of nitrogens with zero attached hydrogens (tertiary/aromatic N) is 3. The van der Waals surface area contributed by atoms with Crippen molar-refractivity contribution in [3.8, 4) is 5.88 Å². The van der Waals surface area contributed by atoms with Gasteiger partial charge in [-0.3, -0.25) is 9.69 Å². The highest BCUT2D eigenvalue weighted by molar-refractivity contribution is 5.81. The summed E-state index contributed by atoms with van der Waals surface area (Å²) in [4.78, 5) is 20.6. The van der Waals surface area contributed by atoms with Crippen molar-refractivity contribution in [1.82, 2.24) is 14.8 Å². The highest BCUT2D eigenvalue weighted by Crippen LogP contribution is 2.29. The number of aromatic nitrogens is 1. The maximum atomic E-state index is 12.9. The molecule has 0 spiro atoms.